The Morgan fingerprint density at radius 3 is 2.33 bits per heavy atom. The van der Waals surface area contributed by atoms with Gasteiger partial charge in [0.2, 0.25) is 5.91 Å². The van der Waals surface area contributed by atoms with Gasteiger partial charge in [0.15, 0.2) is 0 Å². The summed E-state index contributed by atoms with van der Waals surface area (Å²) >= 11 is 1.34. The second kappa shape index (κ2) is 7.44. The fraction of sp³-hybridized carbons (Fsp3) is 0.0667. The molecule has 6 heteroatoms. The molecule has 0 saturated carbocycles. The van der Waals surface area contributed by atoms with Crippen molar-refractivity contribution in [3.8, 4) is 0 Å². The Hall–Kier alpha value is -2.34. The number of benzene rings is 2. The monoisotopic (exact) mass is 304 g/mol. The van der Waals surface area contributed by atoms with Crippen LogP contribution in [0.1, 0.15) is 10.4 Å². The highest BCUT2D eigenvalue weighted by Crippen LogP contribution is 2.16. The Balaban J connectivity index is 1.79. The summed E-state index contributed by atoms with van der Waals surface area (Å²) in [6, 6.07) is 15.0. The number of hydrogen-bond donors (Lipinski definition) is 2. The van der Waals surface area contributed by atoms with Gasteiger partial charge < -0.3 is 0 Å². The molecule has 0 heterocycles. The number of hydrazine groups is 1. The van der Waals surface area contributed by atoms with Gasteiger partial charge >= 0.3 is 0 Å². The minimum absolute atomic E-state index is 0.117. The predicted molar refractivity (Wildman–Crippen MR) is 79.2 cm³/mol. The normalized spacial score (nSPS) is 9.95. The van der Waals surface area contributed by atoms with Gasteiger partial charge in [-0.1, -0.05) is 30.3 Å². The van der Waals surface area contributed by atoms with E-state index in [0.29, 0.717) is 0 Å². The summed E-state index contributed by atoms with van der Waals surface area (Å²) < 4.78 is 13.4. The summed E-state index contributed by atoms with van der Waals surface area (Å²) in [5.41, 5.74) is 4.32. The number of carbonyl (C=O) groups excluding carboxylic acids is 2. The van der Waals surface area contributed by atoms with Gasteiger partial charge in [0.05, 0.1) is 11.3 Å². The summed E-state index contributed by atoms with van der Waals surface area (Å²) in [7, 11) is 0. The third-order valence-electron chi connectivity index (χ3n) is 2.55. The van der Waals surface area contributed by atoms with Gasteiger partial charge in [-0.15, -0.1) is 11.8 Å². The van der Waals surface area contributed by atoms with E-state index in [1.54, 1.807) is 6.07 Å². The molecule has 4 nitrogen and oxygen atoms in total. The van der Waals surface area contributed by atoms with Gasteiger partial charge in [-0.25, -0.2) is 4.39 Å². The molecule has 108 valence electrons. The molecule has 0 spiro atoms. The van der Waals surface area contributed by atoms with Crippen LogP contribution in [0.4, 0.5) is 4.39 Å². The molecule has 2 amide bonds. The Morgan fingerprint density at radius 2 is 1.62 bits per heavy atom. The van der Waals surface area contributed by atoms with E-state index in [4.69, 9.17) is 0 Å². The van der Waals surface area contributed by atoms with Crippen LogP contribution in [0, 0.1) is 5.82 Å². The zero-order valence-corrected chi connectivity index (χ0v) is 11.8. The van der Waals surface area contributed by atoms with Crippen molar-refractivity contribution in [2.75, 3.05) is 5.75 Å². The van der Waals surface area contributed by atoms with Gasteiger partial charge in [-0.2, -0.15) is 0 Å². The molecule has 0 radical (unpaired) electrons. The fourth-order valence-electron chi connectivity index (χ4n) is 1.54. The maximum absolute atomic E-state index is 13.4. The molecule has 2 rings (SSSR count). The van der Waals surface area contributed by atoms with Crippen LogP contribution in [0.3, 0.4) is 0 Å². The highest BCUT2D eigenvalue weighted by Gasteiger charge is 2.11. The maximum atomic E-state index is 13.4. The van der Waals surface area contributed by atoms with Crippen molar-refractivity contribution in [3.05, 3.63) is 66.0 Å². The standard InChI is InChI=1S/C15H13FN2O2S/c16-13-9-5-4-8-12(13)15(20)18-17-14(19)10-21-11-6-2-1-3-7-11/h1-9H,10H2,(H,17,19)(H,18,20). The van der Waals surface area contributed by atoms with Gasteiger partial charge in [-0.05, 0) is 24.3 Å². The van der Waals surface area contributed by atoms with Crippen LogP contribution in [-0.4, -0.2) is 17.6 Å². The topological polar surface area (TPSA) is 58.2 Å². The number of thioether (sulfide) groups is 1. The SMILES string of the molecule is O=C(CSc1ccccc1)NNC(=O)c1ccccc1F. The van der Waals surface area contributed by atoms with E-state index < -0.39 is 11.7 Å². The molecule has 0 aromatic heterocycles. The van der Waals surface area contributed by atoms with Crippen molar-refractivity contribution >= 4 is 23.6 Å². The minimum Gasteiger partial charge on any atom is -0.272 e. The van der Waals surface area contributed by atoms with Crippen LogP contribution >= 0.6 is 11.8 Å². The number of hydrogen-bond acceptors (Lipinski definition) is 3. The summed E-state index contributed by atoms with van der Waals surface area (Å²) in [6.45, 7) is 0. The van der Waals surface area contributed by atoms with Gasteiger partial charge in [0.1, 0.15) is 5.82 Å². The lowest BCUT2D eigenvalue weighted by Gasteiger charge is -2.07. The summed E-state index contributed by atoms with van der Waals surface area (Å²) in [6.07, 6.45) is 0. The first kappa shape index (κ1) is 15.1. The first-order valence-corrected chi connectivity index (χ1v) is 7.17. The molecule has 0 atom stereocenters. The third kappa shape index (κ3) is 4.61. The summed E-state index contributed by atoms with van der Waals surface area (Å²) in [5.74, 6) is -1.54. The minimum atomic E-state index is -0.689. The van der Waals surface area contributed by atoms with Crippen LogP contribution in [0.5, 0.6) is 0 Å². The lowest BCUT2D eigenvalue weighted by molar-refractivity contribution is -0.119. The van der Waals surface area contributed by atoms with Crippen molar-refractivity contribution in [2.24, 2.45) is 0 Å². The zero-order chi connectivity index (χ0) is 15.1. The molecule has 2 aromatic carbocycles. The van der Waals surface area contributed by atoms with Crippen LogP contribution in [0.25, 0.3) is 0 Å². The lowest BCUT2D eigenvalue weighted by Crippen LogP contribution is -2.42. The number of nitrogens with one attached hydrogen (secondary N) is 2. The fourth-order valence-corrected chi connectivity index (χ4v) is 2.26. The average Bonchev–Trinajstić information content (AvgIpc) is 2.52. The molecule has 0 saturated heterocycles. The molecule has 0 aliphatic heterocycles. The third-order valence-corrected chi connectivity index (χ3v) is 3.56. The predicted octanol–water partition coefficient (Wildman–Crippen LogP) is 2.38. The Morgan fingerprint density at radius 1 is 0.952 bits per heavy atom. The zero-order valence-electron chi connectivity index (χ0n) is 11.0. The molecular weight excluding hydrogens is 291 g/mol. The smallest absolute Gasteiger partial charge is 0.272 e. The van der Waals surface area contributed by atoms with Crippen LogP contribution < -0.4 is 10.9 Å². The van der Waals surface area contributed by atoms with Crippen molar-refractivity contribution in [1.29, 1.82) is 0 Å². The number of halogens is 1. The number of rotatable bonds is 4. The molecule has 2 N–H and O–H groups in total. The van der Waals surface area contributed by atoms with E-state index in [2.05, 4.69) is 10.9 Å². The second-order valence-electron chi connectivity index (χ2n) is 4.08. The van der Waals surface area contributed by atoms with Crippen molar-refractivity contribution in [3.63, 3.8) is 0 Å². The van der Waals surface area contributed by atoms with E-state index in [1.165, 1.54) is 30.0 Å². The van der Waals surface area contributed by atoms with E-state index in [-0.39, 0.29) is 17.2 Å². The maximum Gasteiger partial charge on any atom is 0.272 e. The Labute approximate surface area is 125 Å². The highest BCUT2D eigenvalue weighted by molar-refractivity contribution is 8.00. The molecular formula is C15H13FN2O2S. The molecule has 0 fully saturated rings. The Bertz CT molecular complexity index is 635. The van der Waals surface area contributed by atoms with Gasteiger partial charge in [0, 0.05) is 4.90 Å². The highest BCUT2D eigenvalue weighted by atomic mass is 32.2. The van der Waals surface area contributed by atoms with E-state index in [0.717, 1.165) is 4.90 Å². The molecule has 21 heavy (non-hydrogen) atoms. The van der Waals surface area contributed by atoms with Crippen molar-refractivity contribution in [2.45, 2.75) is 4.90 Å². The molecule has 0 aliphatic carbocycles. The second-order valence-corrected chi connectivity index (χ2v) is 5.13. The quantitative estimate of drug-likeness (QED) is 0.673. The van der Waals surface area contributed by atoms with E-state index >= 15 is 0 Å². The average molecular weight is 304 g/mol. The summed E-state index contributed by atoms with van der Waals surface area (Å²) in [5, 5.41) is 0. The lowest BCUT2D eigenvalue weighted by atomic mass is 10.2. The molecule has 0 aliphatic rings. The van der Waals surface area contributed by atoms with E-state index in [1.807, 2.05) is 30.3 Å². The van der Waals surface area contributed by atoms with Gasteiger partial charge in [0.25, 0.3) is 5.91 Å². The molecule has 0 unspecified atom stereocenters. The Kier molecular flexibility index (Phi) is 5.34. The van der Waals surface area contributed by atoms with Crippen molar-refractivity contribution < 1.29 is 14.0 Å². The number of carbonyl (C=O) groups is 2. The first-order valence-electron chi connectivity index (χ1n) is 6.18. The van der Waals surface area contributed by atoms with Crippen LogP contribution in [0.2, 0.25) is 0 Å². The van der Waals surface area contributed by atoms with Crippen molar-refractivity contribution in [1.82, 2.24) is 10.9 Å². The first-order chi connectivity index (χ1) is 10.2. The van der Waals surface area contributed by atoms with Crippen LogP contribution in [-0.2, 0) is 4.79 Å². The largest absolute Gasteiger partial charge is 0.272 e. The molecule has 2 aromatic rings. The van der Waals surface area contributed by atoms with E-state index in [9.17, 15) is 14.0 Å². The van der Waals surface area contributed by atoms with Gasteiger partial charge in [-0.3, -0.25) is 20.4 Å². The summed E-state index contributed by atoms with van der Waals surface area (Å²) in [4.78, 5) is 24.2. The number of amides is 2. The van der Waals surface area contributed by atoms with Crippen LogP contribution in [0.15, 0.2) is 59.5 Å². The molecule has 0 bridgehead atoms.